The maximum Gasteiger partial charge on any atom is 0.241 e. The molecule has 1 aliphatic rings. The largest absolute Gasteiger partial charge is 0.493 e. The molecule has 8 nitrogen and oxygen atoms in total. The third-order valence-electron chi connectivity index (χ3n) is 5.42. The highest BCUT2D eigenvalue weighted by Crippen LogP contribution is 2.31. The molecule has 0 saturated heterocycles. The van der Waals surface area contributed by atoms with E-state index in [1.165, 1.54) is 5.56 Å². The van der Waals surface area contributed by atoms with Crippen LogP contribution in [0.2, 0.25) is 0 Å². The molecule has 1 amide bonds. The Labute approximate surface area is 216 Å². The van der Waals surface area contributed by atoms with Crippen molar-refractivity contribution in [3.8, 4) is 17.2 Å². The first-order valence-corrected chi connectivity index (χ1v) is 11.0. The molecular formula is C25H30IN5O3. The molecule has 1 aliphatic heterocycles. The van der Waals surface area contributed by atoms with Crippen LogP contribution in [0.15, 0.2) is 64.2 Å². The van der Waals surface area contributed by atoms with Gasteiger partial charge in [0.05, 0.1) is 25.7 Å². The molecule has 3 aromatic rings. The van der Waals surface area contributed by atoms with Crippen molar-refractivity contribution in [1.29, 1.82) is 0 Å². The Morgan fingerprint density at radius 1 is 1.18 bits per heavy atom. The van der Waals surface area contributed by atoms with Crippen LogP contribution in [0.3, 0.4) is 0 Å². The van der Waals surface area contributed by atoms with Crippen LogP contribution in [-0.2, 0) is 11.3 Å². The van der Waals surface area contributed by atoms with Gasteiger partial charge < -0.3 is 24.7 Å². The van der Waals surface area contributed by atoms with Crippen molar-refractivity contribution in [2.24, 2.45) is 4.99 Å². The quantitative estimate of drug-likeness (QED) is 0.263. The number of aromatic nitrogens is 1. The van der Waals surface area contributed by atoms with Crippen LogP contribution in [0.1, 0.15) is 29.3 Å². The molecule has 4 rings (SSSR count). The van der Waals surface area contributed by atoms with Crippen LogP contribution in [0.5, 0.6) is 5.75 Å². The number of aryl methyl sites for hydroxylation is 1. The van der Waals surface area contributed by atoms with Gasteiger partial charge in [0, 0.05) is 31.6 Å². The first kappa shape index (κ1) is 25.5. The Morgan fingerprint density at radius 2 is 1.94 bits per heavy atom. The Balaban J connectivity index is 0.00000324. The third kappa shape index (κ3) is 6.49. The van der Waals surface area contributed by atoms with Gasteiger partial charge in [0.15, 0.2) is 5.96 Å². The number of nitrogens with one attached hydrogen (secondary N) is 2. The normalized spacial score (nSPS) is 14.9. The van der Waals surface area contributed by atoms with Crippen LogP contribution in [0.4, 0.5) is 0 Å². The van der Waals surface area contributed by atoms with Crippen molar-refractivity contribution in [3.05, 3.63) is 71.6 Å². The third-order valence-corrected chi connectivity index (χ3v) is 5.42. The first-order valence-electron chi connectivity index (χ1n) is 11.0. The summed E-state index contributed by atoms with van der Waals surface area (Å²) in [6.45, 7) is 3.10. The Kier molecular flexibility index (Phi) is 8.91. The summed E-state index contributed by atoms with van der Waals surface area (Å²) in [5.41, 5.74) is 3.87. The second kappa shape index (κ2) is 11.9. The van der Waals surface area contributed by atoms with Crippen LogP contribution < -0.4 is 15.4 Å². The minimum Gasteiger partial charge on any atom is -0.493 e. The molecule has 1 atom stereocenters. The van der Waals surface area contributed by atoms with Crippen molar-refractivity contribution in [3.63, 3.8) is 0 Å². The van der Waals surface area contributed by atoms with Gasteiger partial charge in [-0.2, -0.15) is 0 Å². The van der Waals surface area contributed by atoms with E-state index in [-0.39, 0.29) is 42.5 Å². The van der Waals surface area contributed by atoms with Gasteiger partial charge in [-0.05, 0) is 25.1 Å². The molecule has 2 heterocycles. The first-order chi connectivity index (χ1) is 16.0. The van der Waals surface area contributed by atoms with E-state index in [2.05, 4.69) is 20.6 Å². The Hall–Kier alpha value is -3.08. The van der Waals surface area contributed by atoms with Gasteiger partial charge in [0.25, 0.3) is 0 Å². The fraction of sp³-hybridized carbons (Fsp3) is 0.320. The topological polar surface area (TPSA) is 92.0 Å². The lowest BCUT2D eigenvalue weighted by Crippen LogP contribution is -2.45. The van der Waals surface area contributed by atoms with Crippen molar-refractivity contribution in [1.82, 2.24) is 20.5 Å². The minimum atomic E-state index is -0.0417. The summed E-state index contributed by atoms with van der Waals surface area (Å²) in [4.78, 5) is 22.9. The van der Waals surface area contributed by atoms with E-state index < -0.39 is 0 Å². The van der Waals surface area contributed by atoms with E-state index in [1.807, 2.05) is 55.5 Å². The molecule has 34 heavy (non-hydrogen) atoms. The average Bonchev–Trinajstić information content (AvgIpc) is 3.30. The van der Waals surface area contributed by atoms with Crippen LogP contribution >= 0.6 is 24.0 Å². The number of hydrogen-bond acceptors (Lipinski definition) is 5. The second-order valence-electron chi connectivity index (χ2n) is 8.19. The van der Waals surface area contributed by atoms with Crippen LogP contribution in [0, 0.1) is 6.92 Å². The number of rotatable bonds is 6. The van der Waals surface area contributed by atoms with E-state index in [1.54, 1.807) is 25.3 Å². The van der Waals surface area contributed by atoms with E-state index >= 15 is 0 Å². The number of carbonyl (C=O) groups is 1. The molecule has 1 aromatic heterocycles. The summed E-state index contributed by atoms with van der Waals surface area (Å²) < 4.78 is 11.4. The number of nitrogens with zero attached hydrogens (tertiary/aromatic N) is 3. The fourth-order valence-electron chi connectivity index (χ4n) is 3.50. The predicted octanol–water partition coefficient (Wildman–Crippen LogP) is 3.92. The lowest BCUT2D eigenvalue weighted by molar-refractivity contribution is -0.127. The standard InChI is InChI=1S/C25H29N5O3.HI/c1-17-8-10-18(11-9-17)24-28-19(16-33-24)14-26-25(27-15-23(31)30(2)3)29-21-12-13-32-22-7-5-4-6-20(21)22;/h4-11,16,21H,12-15H2,1-3H3,(H2,26,27,29);1H. The number of ether oxygens (including phenoxy) is 1. The van der Waals surface area contributed by atoms with E-state index in [9.17, 15) is 4.79 Å². The molecule has 0 bridgehead atoms. The Bertz CT molecular complexity index is 1130. The SMILES string of the molecule is Cc1ccc(-c2nc(CN=C(NCC(=O)N(C)C)NC3CCOc4ccccc43)co2)cc1.I. The molecule has 0 saturated carbocycles. The molecule has 180 valence electrons. The second-order valence-corrected chi connectivity index (χ2v) is 8.19. The van der Waals surface area contributed by atoms with E-state index in [4.69, 9.17) is 9.15 Å². The van der Waals surface area contributed by atoms with Crippen LogP contribution in [0.25, 0.3) is 11.5 Å². The number of amides is 1. The van der Waals surface area contributed by atoms with Gasteiger partial charge >= 0.3 is 0 Å². The fourth-order valence-corrected chi connectivity index (χ4v) is 3.50. The van der Waals surface area contributed by atoms with Gasteiger partial charge in [0.2, 0.25) is 11.8 Å². The Morgan fingerprint density at radius 3 is 2.71 bits per heavy atom. The molecule has 0 radical (unpaired) electrons. The molecule has 0 aliphatic carbocycles. The van der Waals surface area contributed by atoms with Gasteiger partial charge in [-0.15, -0.1) is 24.0 Å². The van der Waals surface area contributed by atoms with Crippen molar-refractivity contribution in [2.45, 2.75) is 25.9 Å². The number of fused-ring (bicyclic) bond motifs is 1. The van der Waals surface area contributed by atoms with Crippen molar-refractivity contribution < 1.29 is 13.9 Å². The zero-order valence-electron chi connectivity index (χ0n) is 19.6. The zero-order chi connectivity index (χ0) is 23.2. The monoisotopic (exact) mass is 575 g/mol. The zero-order valence-corrected chi connectivity index (χ0v) is 21.9. The van der Waals surface area contributed by atoms with Gasteiger partial charge in [-0.3, -0.25) is 4.79 Å². The maximum absolute atomic E-state index is 12.1. The van der Waals surface area contributed by atoms with E-state index in [0.717, 1.165) is 23.3 Å². The van der Waals surface area contributed by atoms with Gasteiger partial charge in [0.1, 0.15) is 17.7 Å². The van der Waals surface area contributed by atoms with Gasteiger partial charge in [-0.25, -0.2) is 9.98 Å². The number of aliphatic imine (C=N–C) groups is 1. The number of hydrogen-bond donors (Lipinski definition) is 2. The molecular weight excluding hydrogens is 545 g/mol. The lowest BCUT2D eigenvalue weighted by Gasteiger charge is -2.28. The minimum absolute atomic E-state index is 0. The highest BCUT2D eigenvalue weighted by molar-refractivity contribution is 14.0. The predicted molar refractivity (Wildman–Crippen MR) is 142 cm³/mol. The number of halogens is 1. The number of benzene rings is 2. The summed E-state index contributed by atoms with van der Waals surface area (Å²) in [6.07, 6.45) is 2.41. The number of oxazole rings is 1. The highest BCUT2D eigenvalue weighted by Gasteiger charge is 2.22. The lowest BCUT2D eigenvalue weighted by atomic mass is 10.0. The number of para-hydroxylation sites is 1. The summed E-state index contributed by atoms with van der Waals surface area (Å²) in [5.74, 6) is 1.92. The maximum atomic E-state index is 12.1. The summed E-state index contributed by atoms with van der Waals surface area (Å²) in [6, 6.07) is 16.0. The van der Waals surface area contributed by atoms with Crippen molar-refractivity contribution in [2.75, 3.05) is 27.2 Å². The summed E-state index contributed by atoms with van der Waals surface area (Å²) in [7, 11) is 3.45. The molecule has 9 heteroatoms. The molecule has 0 spiro atoms. The molecule has 2 N–H and O–H groups in total. The van der Waals surface area contributed by atoms with Crippen LogP contribution in [-0.4, -0.2) is 49.0 Å². The smallest absolute Gasteiger partial charge is 0.241 e. The number of likely N-dealkylation sites (N-methyl/N-ethyl adjacent to an activating group) is 1. The molecule has 0 fully saturated rings. The van der Waals surface area contributed by atoms with E-state index in [0.29, 0.717) is 30.7 Å². The summed E-state index contributed by atoms with van der Waals surface area (Å²) >= 11 is 0. The van der Waals surface area contributed by atoms with Crippen molar-refractivity contribution >= 4 is 35.8 Å². The number of carbonyl (C=O) groups excluding carboxylic acids is 1. The number of guanidine groups is 1. The average molecular weight is 575 g/mol. The summed E-state index contributed by atoms with van der Waals surface area (Å²) in [5, 5.41) is 6.59. The highest BCUT2D eigenvalue weighted by atomic mass is 127. The molecule has 1 unspecified atom stereocenters. The van der Waals surface area contributed by atoms with Gasteiger partial charge in [-0.1, -0.05) is 35.9 Å². The molecule has 2 aromatic carbocycles.